The number of benzene rings is 1. The fourth-order valence-electron chi connectivity index (χ4n) is 3.04. The van der Waals surface area contributed by atoms with E-state index in [4.69, 9.17) is 14.9 Å². The summed E-state index contributed by atoms with van der Waals surface area (Å²) in [5, 5.41) is 9.48. The number of methoxy groups -OCH3 is 1. The zero-order valence-electron chi connectivity index (χ0n) is 18.3. The first kappa shape index (κ1) is 21.6. The molecule has 10 nitrogen and oxygen atoms in total. The molecule has 0 amide bonds. The van der Waals surface area contributed by atoms with E-state index in [-0.39, 0.29) is 11.2 Å². The summed E-state index contributed by atoms with van der Waals surface area (Å²) >= 11 is 1.49. The molecule has 1 atom stereocenters. The molecule has 0 unspecified atom stereocenters. The summed E-state index contributed by atoms with van der Waals surface area (Å²) < 4.78 is 13.0. The van der Waals surface area contributed by atoms with E-state index < -0.39 is 0 Å². The van der Waals surface area contributed by atoms with Gasteiger partial charge in [0, 0.05) is 19.7 Å². The van der Waals surface area contributed by atoms with Gasteiger partial charge in [0.05, 0.1) is 25.2 Å². The van der Waals surface area contributed by atoms with E-state index in [1.54, 1.807) is 18.3 Å². The minimum absolute atomic E-state index is 0.142. The number of hydrogen-bond acceptors (Lipinski definition) is 10. The van der Waals surface area contributed by atoms with Crippen LogP contribution in [0.5, 0.6) is 5.75 Å². The van der Waals surface area contributed by atoms with Crippen LogP contribution in [0.4, 0.5) is 11.9 Å². The Balaban J connectivity index is 1.70. The predicted octanol–water partition coefficient (Wildman–Crippen LogP) is 3.28. The third-order valence-electron chi connectivity index (χ3n) is 4.64. The Bertz CT molecular complexity index is 1190. The number of rotatable bonds is 8. The fraction of sp³-hybridized carbons (Fsp3) is 0.286. The monoisotopic (exact) mass is 452 g/mol. The molecular weight excluding hydrogens is 428 g/mol. The topological polar surface area (TPSA) is 121 Å². The van der Waals surface area contributed by atoms with E-state index in [0.717, 1.165) is 17.1 Å². The van der Waals surface area contributed by atoms with Gasteiger partial charge in [0.1, 0.15) is 17.3 Å². The molecule has 0 saturated carbocycles. The highest BCUT2D eigenvalue weighted by Gasteiger charge is 2.21. The second kappa shape index (κ2) is 9.27. The van der Waals surface area contributed by atoms with Crippen LogP contribution in [0.1, 0.15) is 23.8 Å². The van der Waals surface area contributed by atoms with Gasteiger partial charge in [-0.3, -0.25) is 4.57 Å². The standard InChI is InChI=1S/C21H24N8O2S/c1-13(17-23-19(22)25-20(24-17)28(2)3)32-21-27-26-18(14-7-5-8-15(11-14)30-4)29(21)12-16-9-6-10-31-16/h5-11,13H,12H2,1-4H3,(H2,22,23,24,25)/t13-/m1/s1. The second-order valence-electron chi connectivity index (χ2n) is 7.21. The molecule has 0 aliphatic carbocycles. The Morgan fingerprint density at radius 3 is 2.72 bits per heavy atom. The van der Waals surface area contributed by atoms with Crippen LogP contribution in [0, 0.1) is 0 Å². The molecule has 0 saturated heterocycles. The third kappa shape index (κ3) is 4.67. The lowest BCUT2D eigenvalue weighted by Gasteiger charge is -2.15. The number of nitrogen functional groups attached to an aromatic ring is 1. The lowest BCUT2D eigenvalue weighted by atomic mass is 10.2. The molecule has 0 fully saturated rings. The van der Waals surface area contributed by atoms with Crippen molar-refractivity contribution in [2.24, 2.45) is 0 Å². The van der Waals surface area contributed by atoms with Crippen molar-refractivity contribution in [2.75, 3.05) is 31.8 Å². The van der Waals surface area contributed by atoms with Crippen LogP contribution < -0.4 is 15.4 Å². The predicted molar refractivity (Wildman–Crippen MR) is 123 cm³/mol. The summed E-state index contributed by atoms with van der Waals surface area (Å²) in [4.78, 5) is 14.8. The van der Waals surface area contributed by atoms with Crippen molar-refractivity contribution in [3.05, 3.63) is 54.2 Å². The van der Waals surface area contributed by atoms with Crippen molar-refractivity contribution in [3.63, 3.8) is 0 Å². The molecule has 4 rings (SSSR count). The average Bonchev–Trinajstić information content (AvgIpc) is 3.44. The van der Waals surface area contributed by atoms with Gasteiger partial charge < -0.3 is 19.8 Å². The number of hydrogen-bond donors (Lipinski definition) is 1. The number of aromatic nitrogens is 6. The van der Waals surface area contributed by atoms with Crippen molar-refractivity contribution in [1.82, 2.24) is 29.7 Å². The Hall–Kier alpha value is -3.60. The second-order valence-corrected chi connectivity index (χ2v) is 8.52. The molecular formula is C21H24N8O2S. The maximum atomic E-state index is 5.90. The Labute approximate surface area is 189 Å². The highest BCUT2D eigenvalue weighted by Crippen LogP contribution is 2.35. The maximum Gasteiger partial charge on any atom is 0.229 e. The minimum Gasteiger partial charge on any atom is -0.497 e. The first-order valence-electron chi connectivity index (χ1n) is 9.90. The molecule has 0 radical (unpaired) electrons. The van der Waals surface area contributed by atoms with Gasteiger partial charge in [-0.1, -0.05) is 23.9 Å². The van der Waals surface area contributed by atoms with E-state index in [0.29, 0.717) is 29.3 Å². The summed E-state index contributed by atoms with van der Waals surface area (Å²) in [6.45, 7) is 2.47. The molecule has 4 aromatic rings. The summed E-state index contributed by atoms with van der Waals surface area (Å²) in [6.07, 6.45) is 1.65. The van der Waals surface area contributed by atoms with Gasteiger partial charge in [0.2, 0.25) is 11.9 Å². The molecule has 3 aromatic heterocycles. The number of nitrogens with zero attached hydrogens (tertiary/aromatic N) is 7. The van der Waals surface area contributed by atoms with Crippen molar-refractivity contribution < 1.29 is 9.15 Å². The summed E-state index contributed by atoms with van der Waals surface area (Å²) in [7, 11) is 5.35. The first-order valence-corrected chi connectivity index (χ1v) is 10.8. The lowest BCUT2D eigenvalue weighted by Crippen LogP contribution is -2.16. The van der Waals surface area contributed by atoms with Gasteiger partial charge in [0.15, 0.2) is 11.0 Å². The SMILES string of the molecule is COc1cccc(-c2nnc(S[C@H](C)c3nc(N)nc(N(C)C)n3)n2Cc2ccco2)c1. The molecule has 0 spiro atoms. The van der Waals surface area contributed by atoms with Gasteiger partial charge in [-0.25, -0.2) is 0 Å². The number of nitrogens with two attached hydrogens (primary N) is 1. The molecule has 1 aromatic carbocycles. The summed E-state index contributed by atoms with van der Waals surface area (Å²) in [5.74, 6) is 3.51. The summed E-state index contributed by atoms with van der Waals surface area (Å²) in [5.41, 5.74) is 6.79. The quantitative estimate of drug-likeness (QED) is 0.399. The molecule has 11 heteroatoms. The average molecular weight is 453 g/mol. The van der Waals surface area contributed by atoms with Crippen molar-refractivity contribution in [2.45, 2.75) is 23.9 Å². The molecule has 0 aliphatic heterocycles. The van der Waals surface area contributed by atoms with Crippen LogP contribution in [0.15, 0.2) is 52.2 Å². The van der Waals surface area contributed by atoms with Crippen molar-refractivity contribution in [3.8, 4) is 17.1 Å². The first-order chi connectivity index (χ1) is 15.4. The van der Waals surface area contributed by atoms with Gasteiger partial charge in [-0.2, -0.15) is 15.0 Å². The molecule has 32 heavy (non-hydrogen) atoms. The molecule has 2 N–H and O–H groups in total. The van der Waals surface area contributed by atoms with Crippen molar-refractivity contribution in [1.29, 1.82) is 0 Å². The molecule has 166 valence electrons. The smallest absolute Gasteiger partial charge is 0.229 e. The Morgan fingerprint density at radius 1 is 1.16 bits per heavy atom. The zero-order chi connectivity index (χ0) is 22.7. The maximum absolute atomic E-state index is 5.90. The van der Waals surface area contributed by atoms with Crippen LogP contribution in [0.3, 0.4) is 0 Å². The number of anilines is 2. The van der Waals surface area contributed by atoms with Crippen LogP contribution in [-0.2, 0) is 6.54 Å². The highest BCUT2D eigenvalue weighted by molar-refractivity contribution is 7.99. The normalized spacial score (nSPS) is 12.0. The third-order valence-corrected chi connectivity index (χ3v) is 5.72. The van der Waals surface area contributed by atoms with Crippen LogP contribution in [0.2, 0.25) is 0 Å². The minimum atomic E-state index is -0.142. The number of ether oxygens (including phenoxy) is 1. The van der Waals surface area contributed by atoms with E-state index in [2.05, 4.69) is 25.1 Å². The van der Waals surface area contributed by atoms with Gasteiger partial charge in [-0.15, -0.1) is 10.2 Å². The van der Waals surface area contributed by atoms with Crippen LogP contribution in [-0.4, -0.2) is 50.9 Å². The lowest BCUT2D eigenvalue weighted by molar-refractivity contribution is 0.415. The molecule has 3 heterocycles. The van der Waals surface area contributed by atoms with Gasteiger partial charge >= 0.3 is 0 Å². The van der Waals surface area contributed by atoms with Crippen LogP contribution >= 0.6 is 11.8 Å². The highest BCUT2D eigenvalue weighted by atomic mass is 32.2. The Morgan fingerprint density at radius 2 is 2.00 bits per heavy atom. The van der Waals surface area contributed by atoms with E-state index in [1.165, 1.54) is 11.8 Å². The van der Waals surface area contributed by atoms with E-state index >= 15 is 0 Å². The number of furan rings is 1. The molecule has 0 bridgehead atoms. The van der Waals surface area contributed by atoms with Crippen molar-refractivity contribution >= 4 is 23.7 Å². The summed E-state index contributed by atoms with van der Waals surface area (Å²) in [6, 6.07) is 11.5. The van der Waals surface area contributed by atoms with E-state index in [9.17, 15) is 0 Å². The van der Waals surface area contributed by atoms with Gasteiger partial charge in [-0.05, 0) is 31.2 Å². The van der Waals surface area contributed by atoms with Gasteiger partial charge in [0.25, 0.3) is 0 Å². The Kier molecular flexibility index (Phi) is 6.26. The zero-order valence-corrected chi connectivity index (χ0v) is 19.1. The van der Waals surface area contributed by atoms with Crippen LogP contribution in [0.25, 0.3) is 11.4 Å². The largest absolute Gasteiger partial charge is 0.497 e. The fourth-order valence-corrected chi connectivity index (χ4v) is 3.94. The number of thioether (sulfide) groups is 1. The molecule has 0 aliphatic rings. The van der Waals surface area contributed by atoms with E-state index in [1.807, 2.05) is 62.0 Å².